The third-order valence-electron chi connectivity index (χ3n) is 3.95. The van der Waals surface area contributed by atoms with Crippen LogP contribution in [-0.2, 0) is 9.53 Å². The van der Waals surface area contributed by atoms with Gasteiger partial charge in [0.05, 0.1) is 13.7 Å². The first-order valence-corrected chi connectivity index (χ1v) is 7.32. The van der Waals surface area contributed by atoms with Gasteiger partial charge in [0.1, 0.15) is 11.3 Å². The van der Waals surface area contributed by atoms with E-state index >= 15 is 0 Å². The summed E-state index contributed by atoms with van der Waals surface area (Å²) in [5.74, 6) is 0.691. The van der Waals surface area contributed by atoms with Crippen LogP contribution in [0, 0.1) is 5.92 Å². The Balaban J connectivity index is 2.14. The Kier molecular flexibility index (Phi) is 4.73. The van der Waals surface area contributed by atoms with Gasteiger partial charge in [-0.1, -0.05) is 6.07 Å². The summed E-state index contributed by atoms with van der Waals surface area (Å²) in [4.78, 5) is 14.2. The lowest BCUT2D eigenvalue weighted by Gasteiger charge is -2.32. The van der Waals surface area contributed by atoms with E-state index in [1.807, 2.05) is 36.2 Å². The molecule has 0 aliphatic heterocycles. The van der Waals surface area contributed by atoms with Crippen LogP contribution in [0.25, 0.3) is 0 Å². The number of anilines is 1. The Bertz CT molecular complexity index is 502. The minimum absolute atomic E-state index is 0.213. The van der Waals surface area contributed by atoms with E-state index in [0.717, 1.165) is 24.3 Å². The fourth-order valence-electron chi connectivity index (χ4n) is 2.56. The Morgan fingerprint density at radius 3 is 2.76 bits per heavy atom. The number of benzene rings is 1. The van der Waals surface area contributed by atoms with Crippen molar-refractivity contribution in [2.75, 3.05) is 32.2 Å². The summed E-state index contributed by atoms with van der Waals surface area (Å²) < 4.78 is 10.4. The summed E-state index contributed by atoms with van der Waals surface area (Å²) in [7, 11) is 3.56. The van der Waals surface area contributed by atoms with E-state index in [-0.39, 0.29) is 11.9 Å². The van der Waals surface area contributed by atoms with Crippen LogP contribution in [0.2, 0.25) is 0 Å². The number of likely N-dealkylation sites (N-methyl/N-ethyl adjacent to an activating group) is 1. The predicted octanol–water partition coefficient (Wildman–Crippen LogP) is 1.80. The maximum Gasteiger partial charge on any atom is 0.328 e. The van der Waals surface area contributed by atoms with Crippen molar-refractivity contribution < 1.29 is 14.3 Å². The van der Waals surface area contributed by atoms with Gasteiger partial charge in [0, 0.05) is 25.3 Å². The molecule has 2 N–H and O–H groups in total. The van der Waals surface area contributed by atoms with Gasteiger partial charge in [-0.05, 0) is 37.8 Å². The van der Waals surface area contributed by atoms with Gasteiger partial charge in [0.15, 0.2) is 0 Å². The van der Waals surface area contributed by atoms with E-state index in [0.29, 0.717) is 13.2 Å². The number of hydrogen-bond donors (Lipinski definition) is 1. The molecule has 1 atom stereocenters. The standard InChI is InChI=1S/C16H24N2O3/c1-4-21-15(19)16(17,12-8-9-12)11-18(2)13-6-5-7-14(10-13)20-3/h5-7,10,12H,4,8-9,11,17H2,1-3H3. The van der Waals surface area contributed by atoms with Crippen molar-refractivity contribution in [1.82, 2.24) is 0 Å². The number of carbonyl (C=O) groups excluding carboxylic acids is 1. The maximum atomic E-state index is 12.2. The van der Waals surface area contributed by atoms with Gasteiger partial charge in [0.25, 0.3) is 0 Å². The van der Waals surface area contributed by atoms with Gasteiger partial charge in [-0.3, -0.25) is 0 Å². The van der Waals surface area contributed by atoms with Crippen LogP contribution < -0.4 is 15.4 Å². The third-order valence-corrected chi connectivity index (χ3v) is 3.95. The largest absolute Gasteiger partial charge is 0.497 e. The molecule has 1 unspecified atom stereocenters. The zero-order valence-electron chi connectivity index (χ0n) is 13.0. The van der Waals surface area contributed by atoms with E-state index in [1.165, 1.54) is 0 Å². The monoisotopic (exact) mass is 292 g/mol. The highest BCUT2D eigenvalue weighted by Crippen LogP contribution is 2.40. The normalized spacial score (nSPS) is 17.0. The van der Waals surface area contributed by atoms with E-state index in [9.17, 15) is 4.79 Å². The number of ether oxygens (including phenoxy) is 2. The molecule has 1 aromatic carbocycles. The smallest absolute Gasteiger partial charge is 0.328 e. The van der Waals surface area contributed by atoms with Gasteiger partial charge in [-0.2, -0.15) is 0 Å². The fraction of sp³-hybridized carbons (Fsp3) is 0.562. The van der Waals surface area contributed by atoms with Crippen molar-refractivity contribution in [1.29, 1.82) is 0 Å². The highest BCUT2D eigenvalue weighted by molar-refractivity contribution is 5.82. The molecule has 0 spiro atoms. The van der Waals surface area contributed by atoms with Gasteiger partial charge >= 0.3 is 5.97 Å². The number of methoxy groups -OCH3 is 1. The molecule has 21 heavy (non-hydrogen) atoms. The van der Waals surface area contributed by atoms with Crippen LogP contribution in [0.1, 0.15) is 19.8 Å². The highest BCUT2D eigenvalue weighted by atomic mass is 16.5. The van der Waals surface area contributed by atoms with E-state index in [2.05, 4.69) is 0 Å². The number of carbonyl (C=O) groups is 1. The molecule has 0 aromatic heterocycles. The topological polar surface area (TPSA) is 64.8 Å². The number of nitrogens with two attached hydrogens (primary N) is 1. The molecule has 0 amide bonds. The summed E-state index contributed by atoms with van der Waals surface area (Å²) in [6.07, 6.45) is 1.97. The van der Waals surface area contributed by atoms with Gasteiger partial charge in [0.2, 0.25) is 0 Å². The lowest BCUT2D eigenvalue weighted by molar-refractivity contribution is -0.150. The molecule has 1 aliphatic rings. The van der Waals surface area contributed by atoms with Crippen molar-refractivity contribution in [3.8, 4) is 5.75 Å². The molecule has 5 heteroatoms. The fourth-order valence-corrected chi connectivity index (χ4v) is 2.56. The number of hydrogen-bond acceptors (Lipinski definition) is 5. The zero-order valence-corrected chi connectivity index (χ0v) is 13.0. The van der Waals surface area contributed by atoms with Crippen LogP contribution in [0.5, 0.6) is 5.75 Å². The Hall–Kier alpha value is -1.75. The Morgan fingerprint density at radius 2 is 2.19 bits per heavy atom. The predicted molar refractivity (Wildman–Crippen MR) is 82.5 cm³/mol. The zero-order chi connectivity index (χ0) is 15.5. The van der Waals surface area contributed by atoms with Crippen LogP contribution in [0.15, 0.2) is 24.3 Å². The molecule has 1 aliphatic carbocycles. The van der Waals surface area contributed by atoms with Crippen molar-refractivity contribution in [2.45, 2.75) is 25.3 Å². The van der Waals surface area contributed by atoms with Crippen molar-refractivity contribution in [2.24, 2.45) is 11.7 Å². The second-order valence-electron chi connectivity index (χ2n) is 5.59. The highest BCUT2D eigenvalue weighted by Gasteiger charge is 2.49. The first-order chi connectivity index (χ1) is 10.0. The molecule has 5 nitrogen and oxygen atoms in total. The van der Waals surface area contributed by atoms with Gasteiger partial charge < -0.3 is 20.1 Å². The average Bonchev–Trinajstić information content (AvgIpc) is 3.32. The van der Waals surface area contributed by atoms with E-state index in [1.54, 1.807) is 14.0 Å². The molecule has 0 bridgehead atoms. The molecule has 116 valence electrons. The molecule has 2 rings (SSSR count). The minimum atomic E-state index is -0.937. The van der Waals surface area contributed by atoms with Crippen molar-refractivity contribution in [3.05, 3.63) is 24.3 Å². The van der Waals surface area contributed by atoms with Crippen LogP contribution in [0.3, 0.4) is 0 Å². The van der Waals surface area contributed by atoms with Crippen molar-refractivity contribution >= 4 is 11.7 Å². The van der Waals surface area contributed by atoms with E-state index < -0.39 is 5.54 Å². The maximum absolute atomic E-state index is 12.2. The van der Waals surface area contributed by atoms with Crippen LogP contribution in [-0.4, -0.2) is 38.8 Å². The Labute approximate surface area is 126 Å². The van der Waals surface area contributed by atoms with E-state index in [4.69, 9.17) is 15.2 Å². The minimum Gasteiger partial charge on any atom is -0.497 e. The van der Waals surface area contributed by atoms with Gasteiger partial charge in [-0.25, -0.2) is 4.79 Å². The van der Waals surface area contributed by atoms with Crippen LogP contribution >= 0.6 is 0 Å². The molecular formula is C16H24N2O3. The lowest BCUT2D eigenvalue weighted by atomic mass is 9.93. The second kappa shape index (κ2) is 6.35. The first-order valence-electron chi connectivity index (χ1n) is 7.32. The number of nitrogens with zero attached hydrogens (tertiary/aromatic N) is 1. The molecule has 0 radical (unpaired) electrons. The molecule has 0 saturated heterocycles. The quantitative estimate of drug-likeness (QED) is 0.776. The third kappa shape index (κ3) is 3.47. The molecule has 0 heterocycles. The SMILES string of the molecule is CCOC(=O)C(N)(CN(C)c1cccc(OC)c1)C1CC1. The Morgan fingerprint density at radius 1 is 1.48 bits per heavy atom. The second-order valence-corrected chi connectivity index (χ2v) is 5.59. The summed E-state index contributed by atoms with van der Waals surface area (Å²) in [5, 5.41) is 0. The average molecular weight is 292 g/mol. The summed E-state index contributed by atoms with van der Waals surface area (Å²) in [6.45, 7) is 2.59. The number of esters is 1. The molecule has 1 fully saturated rings. The summed E-state index contributed by atoms with van der Waals surface area (Å²) in [5.41, 5.74) is 6.42. The van der Waals surface area contributed by atoms with Gasteiger partial charge in [-0.15, -0.1) is 0 Å². The number of rotatable bonds is 7. The molecular weight excluding hydrogens is 268 g/mol. The summed E-state index contributed by atoms with van der Waals surface area (Å²) in [6, 6.07) is 7.71. The summed E-state index contributed by atoms with van der Waals surface area (Å²) >= 11 is 0. The molecule has 1 aromatic rings. The lowest BCUT2D eigenvalue weighted by Crippen LogP contribution is -2.58. The van der Waals surface area contributed by atoms with Crippen molar-refractivity contribution in [3.63, 3.8) is 0 Å². The first kappa shape index (κ1) is 15.6. The molecule has 1 saturated carbocycles. The van der Waals surface area contributed by atoms with Crippen LogP contribution in [0.4, 0.5) is 5.69 Å².